The van der Waals surface area contributed by atoms with Crippen LogP contribution < -0.4 is 10.1 Å². The van der Waals surface area contributed by atoms with Gasteiger partial charge >= 0.3 is 5.97 Å². The highest BCUT2D eigenvalue weighted by molar-refractivity contribution is 6.32. The van der Waals surface area contributed by atoms with Crippen molar-refractivity contribution >= 4 is 17.6 Å². The summed E-state index contributed by atoms with van der Waals surface area (Å²) in [5.41, 5.74) is 1.91. The molecule has 0 bridgehead atoms. The van der Waals surface area contributed by atoms with Crippen molar-refractivity contribution in [1.29, 1.82) is 0 Å². The third kappa shape index (κ3) is 3.52. The lowest BCUT2D eigenvalue weighted by molar-refractivity contribution is -0.141. The van der Waals surface area contributed by atoms with E-state index < -0.39 is 5.97 Å². The van der Waals surface area contributed by atoms with Gasteiger partial charge in [-0.25, -0.2) is 0 Å². The summed E-state index contributed by atoms with van der Waals surface area (Å²) >= 11 is 6.19. The smallest absolute Gasteiger partial charge is 0.307 e. The van der Waals surface area contributed by atoms with Crippen molar-refractivity contribution in [3.8, 4) is 5.75 Å². The third-order valence-electron chi connectivity index (χ3n) is 3.31. The van der Waals surface area contributed by atoms with Crippen LogP contribution in [0.3, 0.4) is 0 Å². The van der Waals surface area contributed by atoms with Crippen molar-refractivity contribution in [3.05, 3.63) is 40.9 Å². The Morgan fingerprint density at radius 1 is 1.60 bits per heavy atom. The molecule has 0 aromatic heterocycles. The van der Waals surface area contributed by atoms with Crippen molar-refractivity contribution < 1.29 is 14.6 Å². The van der Waals surface area contributed by atoms with Gasteiger partial charge in [0, 0.05) is 12.6 Å². The first kappa shape index (κ1) is 14.9. The van der Waals surface area contributed by atoms with Crippen LogP contribution in [0.25, 0.3) is 0 Å². The molecule has 2 N–H and O–H groups in total. The summed E-state index contributed by atoms with van der Waals surface area (Å²) in [5, 5.41) is 12.7. The van der Waals surface area contributed by atoms with E-state index in [1.165, 1.54) is 0 Å². The molecule has 4 nitrogen and oxygen atoms in total. The topological polar surface area (TPSA) is 58.6 Å². The van der Waals surface area contributed by atoms with E-state index in [1.807, 2.05) is 25.1 Å². The van der Waals surface area contributed by atoms with Gasteiger partial charge in [-0.15, -0.1) is 0 Å². The minimum Gasteiger partial charge on any atom is -0.488 e. The fourth-order valence-corrected chi connectivity index (χ4v) is 2.47. The lowest BCUT2D eigenvalue weighted by Crippen LogP contribution is -2.17. The van der Waals surface area contributed by atoms with Crippen molar-refractivity contribution in [1.82, 2.24) is 5.32 Å². The summed E-state index contributed by atoms with van der Waals surface area (Å²) in [6.07, 6.45) is 0.581. The molecule has 0 spiro atoms. The van der Waals surface area contributed by atoms with E-state index in [4.69, 9.17) is 21.4 Å². The molecule has 2 unspecified atom stereocenters. The Hall–Kier alpha value is -1.52. The van der Waals surface area contributed by atoms with Crippen LogP contribution >= 0.6 is 11.6 Å². The minimum absolute atomic E-state index is 0.0313. The van der Waals surface area contributed by atoms with Crippen LogP contribution in [0.5, 0.6) is 5.75 Å². The SMILES string of the molecule is C=C(C)COc1ccc(C2CC(C(=O)O)CN2)cc1Cl. The Labute approximate surface area is 123 Å². The van der Waals surface area contributed by atoms with Gasteiger partial charge in [-0.1, -0.05) is 24.2 Å². The van der Waals surface area contributed by atoms with Gasteiger partial charge in [-0.05, 0) is 36.6 Å². The van der Waals surface area contributed by atoms with Gasteiger partial charge in [0.05, 0.1) is 10.9 Å². The van der Waals surface area contributed by atoms with Crippen LogP contribution in [-0.4, -0.2) is 24.2 Å². The Bertz CT molecular complexity index is 530. The Morgan fingerprint density at radius 2 is 2.35 bits per heavy atom. The lowest BCUT2D eigenvalue weighted by atomic mass is 10.00. The summed E-state index contributed by atoms with van der Waals surface area (Å²) in [4.78, 5) is 11.0. The molecule has 5 heteroatoms. The standard InChI is InChI=1S/C15H18ClNO3/c1-9(2)8-20-14-4-3-10(5-12(14)16)13-6-11(7-17-13)15(18)19/h3-5,11,13,17H,1,6-8H2,2H3,(H,18,19). The van der Waals surface area contributed by atoms with Gasteiger partial charge in [0.25, 0.3) is 0 Å². The number of carboxylic acid groups (broad SMARTS) is 1. The molecule has 2 rings (SSSR count). The highest BCUT2D eigenvalue weighted by Crippen LogP contribution is 2.32. The lowest BCUT2D eigenvalue weighted by Gasteiger charge is -2.13. The van der Waals surface area contributed by atoms with E-state index in [0.717, 1.165) is 11.1 Å². The molecular formula is C15H18ClNO3. The van der Waals surface area contributed by atoms with Crippen molar-refractivity contribution in [2.24, 2.45) is 5.92 Å². The van der Waals surface area contributed by atoms with E-state index in [0.29, 0.717) is 30.3 Å². The molecule has 1 aliphatic rings. The molecule has 1 aromatic rings. The molecule has 2 atom stereocenters. The fraction of sp³-hybridized carbons (Fsp3) is 0.400. The van der Waals surface area contributed by atoms with Crippen molar-refractivity contribution in [2.75, 3.05) is 13.2 Å². The number of carboxylic acids is 1. The zero-order valence-electron chi connectivity index (χ0n) is 11.4. The third-order valence-corrected chi connectivity index (χ3v) is 3.61. The number of ether oxygens (including phenoxy) is 1. The summed E-state index contributed by atoms with van der Waals surface area (Å²) in [6, 6.07) is 5.60. The molecule has 20 heavy (non-hydrogen) atoms. The molecule has 0 aliphatic carbocycles. The average Bonchev–Trinajstić information content (AvgIpc) is 2.86. The molecule has 1 heterocycles. The van der Waals surface area contributed by atoms with Gasteiger partial charge in [-0.3, -0.25) is 4.79 Å². The molecule has 1 aromatic carbocycles. The molecule has 108 valence electrons. The molecule has 1 fully saturated rings. The van der Waals surface area contributed by atoms with Gasteiger partial charge < -0.3 is 15.2 Å². The summed E-state index contributed by atoms with van der Waals surface area (Å²) in [5.74, 6) is -0.475. The number of benzene rings is 1. The second kappa shape index (κ2) is 6.29. The maximum Gasteiger partial charge on any atom is 0.307 e. The van der Waals surface area contributed by atoms with Crippen molar-refractivity contribution in [2.45, 2.75) is 19.4 Å². The first-order valence-electron chi connectivity index (χ1n) is 6.50. The minimum atomic E-state index is -0.757. The Balaban J connectivity index is 2.06. The maximum atomic E-state index is 11.0. The second-order valence-corrected chi connectivity index (χ2v) is 5.57. The molecule has 0 radical (unpaired) electrons. The molecule has 1 saturated heterocycles. The van der Waals surface area contributed by atoms with Crippen LogP contribution in [0.1, 0.15) is 24.9 Å². The highest BCUT2D eigenvalue weighted by atomic mass is 35.5. The van der Waals surface area contributed by atoms with Gasteiger partial charge in [0.2, 0.25) is 0 Å². The monoisotopic (exact) mass is 295 g/mol. The van der Waals surface area contributed by atoms with E-state index in [9.17, 15) is 4.79 Å². The number of hydrogen-bond acceptors (Lipinski definition) is 3. The van der Waals surface area contributed by atoms with Crippen LogP contribution in [0.2, 0.25) is 5.02 Å². The van der Waals surface area contributed by atoms with Gasteiger partial charge in [0.15, 0.2) is 0 Å². The van der Waals surface area contributed by atoms with Gasteiger partial charge in [0.1, 0.15) is 12.4 Å². The number of carbonyl (C=O) groups is 1. The van der Waals surface area contributed by atoms with Crippen LogP contribution in [0.15, 0.2) is 30.4 Å². The predicted molar refractivity (Wildman–Crippen MR) is 78.2 cm³/mol. The summed E-state index contributed by atoms with van der Waals surface area (Å²) < 4.78 is 5.53. The van der Waals surface area contributed by atoms with E-state index in [2.05, 4.69) is 11.9 Å². The Kier molecular flexibility index (Phi) is 4.68. The molecule has 0 amide bonds. The highest BCUT2D eigenvalue weighted by Gasteiger charge is 2.30. The summed E-state index contributed by atoms with van der Waals surface area (Å²) in [7, 11) is 0. The van der Waals surface area contributed by atoms with Gasteiger partial charge in [-0.2, -0.15) is 0 Å². The Morgan fingerprint density at radius 3 is 2.90 bits per heavy atom. The van der Waals surface area contributed by atoms with Crippen LogP contribution in [-0.2, 0) is 4.79 Å². The average molecular weight is 296 g/mol. The maximum absolute atomic E-state index is 11.0. The number of aliphatic carboxylic acids is 1. The molecular weight excluding hydrogens is 278 g/mol. The molecule has 1 aliphatic heterocycles. The number of halogens is 1. The zero-order valence-corrected chi connectivity index (χ0v) is 12.1. The van der Waals surface area contributed by atoms with Crippen LogP contribution in [0.4, 0.5) is 0 Å². The quantitative estimate of drug-likeness (QED) is 0.820. The number of rotatable bonds is 5. The second-order valence-electron chi connectivity index (χ2n) is 5.17. The molecule has 0 saturated carbocycles. The van der Waals surface area contributed by atoms with E-state index >= 15 is 0 Å². The van der Waals surface area contributed by atoms with Crippen molar-refractivity contribution in [3.63, 3.8) is 0 Å². The van der Waals surface area contributed by atoms with E-state index in [-0.39, 0.29) is 12.0 Å². The van der Waals surface area contributed by atoms with E-state index in [1.54, 1.807) is 0 Å². The normalized spacial score (nSPS) is 21.7. The first-order chi connectivity index (χ1) is 9.47. The zero-order chi connectivity index (χ0) is 14.7. The fourth-order valence-electron chi connectivity index (χ4n) is 2.23. The first-order valence-corrected chi connectivity index (χ1v) is 6.88. The number of nitrogens with one attached hydrogen (secondary N) is 1. The number of hydrogen-bond donors (Lipinski definition) is 2. The summed E-state index contributed by atoms with van der Waals surface area (Å²) in [6.45, 7) is 6.58. The van der Waals surface area contributed by atoms with Crippen LogP contribution in [0, 0.1) is 5.92 Å². The largest absolute Gasteiger partial charge is 0.488 e. The predicted octanol–water partition coefficient (Wildman–Crippen LogP) is 3.03.